The summed E-state index contributed by atoms with van der Waals surface area (Å²) >= 11 is 0. The quantitative estimate of drug-likeness (QED) is 0.674. The van der Waals surface area contributed by atoms with Crippen LogP contribution in [0.15, 0.2) is 42.5 Å². The number of anilines is 2. The molecule has 0 bridgehead atoms. The number of nitrogens with one attached hydrogen (secondary N) is 2. The summed E-state index contributed by atoms with van der Waals surface area (Å²) in [7, 11) is 1.55. The van der Waals surface area contributed by atoms with Gasteiger partial charge in [-0.15, -0.1) is 0 Å². The van der Waals surface area contributed by atoms with Gasteiger partial charge in [0.15, 0.2) is 0 Å². The Balaban J connectivity index is 1.83. The lowest BCUT2D eigenvalue weighted by Crippen LogP contribution is -2.42. The van der Waals surface area contributed by atoms with Crippen molar-refractivity contribution >= 4 is 29.1 Å². The molecule has 8 nitrogen and oxygen atoms in total. The molecule has 0 spiro atoms. The summed E-state index contributed by atoms with van der Waals surface area (Å²) in [4.78, 5) is 39.1. The number of nitrogens with zero attached hydrogens (tertiary/aromatic N) is 1. The molecule has 1 aliphatic rings. The van der Waals surface area contributed by atoms with Crippen molar-refractivity contribution in [3.05, 3.63) is 53.6 Å². The summed E-state index contributed by atoms with van der Waals surface area (Å²) in [5.74, 6) is -0.272. The monoisotopic (exact) mass is 410 g/mol. The number of hydrogen-bond acceptors (Lipinski definition) is 5. The minimum Gasteiger partial charge on any atom is -0.497 e. The summed E-state index contributed by atoms with van der Waals surface area (Å²) in [5.41, 5.74) is 7.25. The number of rotatable bonds is 6. The first-order valence-corrected chi connectivity index (χ1v) is 9.62. The molecule has 0 unspecified atom stereocenters. The van der Waals surface area contributed by atoms with E-state index < -0.39 is 0 Å². The molecule has 4 N–H and O–H groups in total. The molecule has 0 radical (unpaired) electrons. The smallest absolute Gasteiger partial charge is 0.258 e. The van der Waals surface area contributed by atoms with E-state index in [-0.39, 0.29) is 29.7 Å². The Hall–Kier alpha value is -3.39. The number of fused-ring (bicyclic) bond motifs is 1. The lowest BCUT2D eigenvalue weighted by molar-refractivity contribution is -0.115. The van der Waals surface area contributed by atoms with Crippen molar-refractivity contribution in [2.24, 2.45) is 11.1 Å². The summed E-state index contributed by atoms with van der Waals surface area (Å²) in [6, 6.07) is 11.5. The zero-order chi connectivity index (χ0) is 21.9. The number of benzene rings is 2. The number of methoxy groups -OCH3 is 1. The van der Waals surface area contributed by atoms with E-state index in [1.54, 1.807) is 49.6 Å². The van der Waals surface area contributed by atoms with E-state index in [1.807, 2.05) is 13.8 Å². The fraction of sp³-hybridized carbons (Fsp3) is 0.318. The van der Waals surface area contributed by atoms with Crippen LogP contribution in [0.2, 0.25) is 0 Å². The lowest BCUT2D eigenvalue weighted by atomic mass is 9.94. The molecule has 0 saturated heterocycles. The predicted molar refractivity (Wildman–Crippen MR) is 115 cm³/mol. The van der Waals surface area contributed by atoms with E-state index in [0.717, 1.165) is 0 Å². The lowest BCUT2D eigenvalue weighted by Gasteiger charge is -2.29. The second-order valence-corrected chi connectivity index (χ2v) is 7.95. The molecule has 30 heavy (non-hydrogen) atoms. The first-order chi connectivity index (χ1) is 14.2. The Morgan fingerprint density at radius 2 is 1.83 bits per heavy atom. The molecule has 8 heteroatoms. The van der Waals surface area contributed by atoms with Crippen LogP contribution in [0.25, 0.3) is 0 Å². The highest BCUT2D eigenvalue weighted by Gasteiger charge is 2.28. The molecule has 3 rings (SSSR count). The molecule has 1 aliphatic heterocycles. The normalized spacial score (nSPS) is 13.3. The first-order valence-electron chi connectivity index (χ1n) is 9.62. The van der Waals surface area contributed by atoms with Gasteiger partial charge < -0.3 is 21.1 Å². The second kappa shape index (κ2) is 8.54. The van der Waals surface area contributed by atoms with Crippen molar-refractivity contribution in [2.45, 2.75) is 13.8 Å². The standard InChI is InChI=1S/C22H26N4O4/c1-22(2,12-23)13-24-20(28)15-6-9-18-17(10-15)25-19(27)11-26(18)21(29)14-4-7-16(30-3)8-5-14/h4-10H,11-13,23H2,1-3H3,(H,24,28)(H,25,27). The van der Waals surface area contributed by atoms with Crippen LogP contribution < -0.4 is 26.0 Å². The maximum atomic E-state index is 13.0. The third-order valence-electron chi connectivity index (χ3n) is 4.99. The number of amides is 3. The van der Waals surface area contributed by atoms with Gasteiger partial charge in [0.1, 0.15) is 12.3 Å². The average Bonchev–Trinajstić information content (AvgIpc) is 2.76. The topological polar surface area (TPSA) is 114 Å². The van der Waals surface area contributed by atoms with Crippen LogP contribution in [0.4, 0.5) is 11.4 Å². The molecule has 0 saturated carbocycles. The highest BCUT2D eigenvalue weighted by atomic mass is 16.5. The van der Waals surface area contributed by atoms with Crippen molar-refractivity contribution in [2.75, 3.05) is 37.0 Å². The van der Waals surface area contributed by atoms with Crippen LogP contribution >= 0.6 is 0 Å². The van der Waals surface area contributed by atoms with Gasteiger partial charge in [0, 0.05) is 17.7 Å². The minimum absolute atomic E-state index is 0.103. The SMILES string of the molecule is COc1ccc(C(=O)N2CC(=O)Nc3cc(C(=O)NCC(C)(C)CN)ccc32)cc1. The Morgan fingerprint density at radius 1 is 1.17 bits per heavy atom. The molecule has 2 aromatic rings. The van der Waals surface area contributed by atoms with Gasteiger partial charge in [0.05, 0.1) is 18.5 Å². The summed E-state index contributed by atoms with van der Waals surface area (Å²) in [6.45, 7) is 4.68. The number of hydrogen-bond donors (Lipinski definition) is 3. The highest BCUT2D eigenvalue weighted by Crippen LogP contribution is 2.32. The molecule has 3 amide bonds. The van der Waals surface area contributed by atoms with Crippen molar-refractivity contribution in [1.82, 2.24) is 5.32 Å². The van der Waals surface area contributed by atoms with Gasteiger partial charge in [0.2, 0.25) is 5.91 Å². The summed E-state index contributed by atoms with van der Waals surface area (Å²) in [6.07, 6.45) is 0. The maximum absolute atomic E-state index is 13.0. The van der Waals surface area contributed by atoms with Gasteiger partial charge in [-0.1, -0.05) is 13.8 Å². The van der Waals surface area contributed by atoms with E-state index >= 15 is 0 Å². The van der Waals surface area contributed by atoms with Crippen LogP contribution in [-0.2, 0) is 4.79 Å². The fourth-order valence-corrected chi connectivity index (χ4v) is 3.00. The summed E-state index contributed by atoms with van der Waals surface area (Å²) in [5, 5.41) is 5.60. The van der Waals surface area contributed by atoms with Gasteiger partial charge in [0.25, 0.3) is 11.8 Å². The van der Waals surface area contributed by atoms with Gasteiger partial charge in [-0.2, -0.15) is 0 Å². The Labute approximate surface area is 175 Å². The first kappa shape index (κ1) is 21.3. The molecule has 0 fully saturated rings. The van der Waals surface area contributed by atoms with Crippen molar-refractivity contribution in [1.29, 1.82) is 0 Å². The second-order valence-electron chi connectivity index (χ2n) is 7.95. The van der Waals surface area contributed by atoms with Crippen LogP contribution in [-0.4, -0.2) is 44.5 Å². The van der Waals surface area contributed by atoms with Crippen molar-refractivity contribution in [3.8, 4) is 5.75 Å². The minimum atomic E-state index is -0.328. The van der Waals surface area contributed by atoms with Gasteiger partial charge in [-0.25, -0.2) is 0 Å². The molecule has 1 heterocycles. The maximum Gasteiger partial charge on any atom is 0.258 e. The molecule has 158 valence electrons. The molecular formula is C22H26N4O4. The van der Waals surface area contributed by atoms with Gasteiger partial charge in [-0.05, 0) is 54.4 Å². The highest BCUT2D eigenvalue weighted by molar-refractivity contribution is 6.15. The molecule has 0 aromatic heterocycles. The fourth-order valence-electron chi connectivity index (χ4n) is 3.00. The van der Waals surface area contributed by atoms with E-state index in [1.165, 1.54) is 4.90 Å². The van der Waals surface area contributed by atoms with Gasteiger partial charge >= 0.3 is 0 Å². The third kappa shape index (κ3) is 4.60. The molecular weight excluding hydrogens is 384 g/mol. The van der Waals surface area contributed by atoms with E-state index in [4.69, 9.17) is 10.5 Å². The number of ether oxygens (including phenoxy) is 1. The van der Waals surface area contributed by atoms with Gasteiger partial charge in [-0.3, -0.25) is 19.3 Å². The summed E-state index contributed by atoms with van der Waals surface area (Å²) < 4.78 is 5.12. The Kier molecular flexibility index (Phi) is 6.07. The zero-order valence-electron chi connectivity index (χ0n) is 17.3. The van der Waals surface area contributed by atoms with Crippen LogP contribution in [0, 0.1) is 5.41 Å². The van der Waals surface area contributed by atoms with Crippen LogP contribution in [0.1, 0.15) is 34.6 Å². The number of carbonyl (C=O) groups is 3. The van der Waals surface area contributed by atoms with Crippen molar-refractivity contribution in [3.63, 3.8) is 0 Å². The average molecular weight is 410 g/mol. The number of nitrogens with two attached hydrogens (primary N) is 1. The Morgan fingerprint density at radius 3 is 2.47 bits per heavy atom. The van der Waals surface area contributed by atoms with E-state index in [2.05, 4.69) is 10.6 Å². The zero-order valence-corrected chi connectivity index (χ0v) is 17.3. The number of carbonyl (C=O) groups excluding carboxylic acids is 3. The third-order valence-corrected chi connectivity index (χ3v) is 4.99. The van der Waals surface area contributed by atoms with Crippen molar-refractivity contribution < 1.29 is 19.1 Å². The largest absolute Gasteiger partial charge is 0.497 e. The van der Waals surface area contributed by atoms with E-state index in [9.17, 15) is 14.4 Å². The van der Waals surface area contributed by atoms with E-state index in [0.29, 0.717) is 41.3 Å². The van der Waals surface area contributed by atoms with Crippen LogP contribution in [0.5, 0.6) is 5.75 Å². The predicted octanol–water partition coefficient (Wildman–Crippen LogP) is 2.01. The molecule has 0 aliphatic carbocycles. The van der Waals surface area contributed by atoms with Crippen LogP contribution in [0.3, 0.4) is 0 Å². The Bertz CT molecular complexity index is 970. The molecule has 2 aromatic carbocycles. The molecule has 0 atom stereocenters.